The summed E-state index contributed by atoms with van der Waals surface area (Å²) in [5, 5.41) is 12.0. The van der Waals surface area contributed by atoms with E-state index in [1.54, 1.807) is 6.92 Å². The third-order valence-corrected chi connectivity index (χ3v) is 10.6. The lowest BCUT2D eigenvalue weighted by atomic mass is 9.67. The van der Waals surface area contributed by atoms with Crippen LogP contribution in [0.5, 0.6) is 0 Å². The van der Waals surface area contributed by atoms with E-state index in [1.807, 2.05) is 13.8 Å². The molecule has 3 fully saturated rings. The summed E-state index contributed by atoms with van der Waals surface area (Å²) in [6.07, 6.45) is 5.45. The molecule has 5 nitrogen and oxygen atoms in total. The highest BCUT2D eigenvalue weighted by Crippen LogP contribution is 2.64. The molecule has 2 bridgehead atoms. The predicted molar refractivity (Wildman–Crippen MR) is 109 cm³/mol. The van der Waals surface area contributed by atoms with Gasteiger partial charge in [0.15, 0.2) is 6.61 Å². The molecule has 3 aliphatic rings. The summed E-state index contributed by atoms with van der Waals surface area (Å²) in [7, 11) is 0. The van der Waals surface area contributed by atoms with Crippen LogP contribution in [0.3, 0.4) is 0 Å². The lowest BCUT2D eigenvalue weighted by molar-refractivity contribution is -0.155. The molecule has 2 saturated carbocycles. The van der Waals surface area contributed by atoms with Gasteiger partial charge in [-0.05, 0) is 50.4 Å². The van der Waals surface area contributed by atoms with Gasteiger partial charge in [-0.1, -0.05) is 20.3 Å². The molecule has 7 heteroatoms. The minimum absolute atomic E-state index is 0.0301. The molecule has 1 heterocycles. The molecule has 2 aliphatic carbocycles. The summed E-state index contributed by atoms with van der Waals surface area (Å²) in [5.74, 6) is 2.84. The first-order valence-electron chi connectivity index (χ1n) is 9.97. The Balaban J connectivity index is 1.54. The van der Waals surface area contributed by atoms with Gasteiger partial charge in [-0.3, -0.25) is 9.59 Å². The monoisotopic (exact) mass is 410 g/mol. The Morgan fingerprint density at radius 1 is 1.26 bits per heavy atom. The molecule has 27 heavy (non-hydrogen) atoms. The first-order valence-corrected chi connectivity index (χ1v) is 11.9. The number of esters is 1. The van der Waals surface area contributed by atoms with Gasteiger partial charge in [0.05, 0.1) is 16.1 Å². The van der Waals surface area contributed by atoms with Crippen molar-refractivity contribution in [1.82, 2.24) is 5.32 Å². The van der Waals surface area contributed by atoms with Gasteiger partial charge in [0, 0.05) is 11.5 Å². The molecule has 3 unspecified atom stereocenters. The second kappa shape index (κ2) is 8.24. The molecule has 150 valence electrons. The maximum absolute atomic E-state index is 12.6. The normalized spacial score (nSPS) is 31.1. The summed E-state index contributed by atoms with van der Waals surface area (Å²) in [5.41, 5.74) is -0.950. The SMILES string of the molecule is CC(C)C(C)(C#N)NC(=O)COC(=O)C1CC2CCCC(C1)C21SCCS1. The molecular weight excluding hydrogens is 380 g/mol. The lowest BCUT2D eigenvalue weighted by Gasteiger charge is -2.51. The number of ether oxygens (including phenoxy) is 1. The van der Waals surface area contributed by atoms with Crippen LogP contribution >= 0.6 is 23.5 Å². The van der Waals surface area contributed by atoms with Crippen molar-refractivity contribution in [2.75, 3.05) is 18.1 Å². The number of amides is 1. The van der Waals surface area contributed by atoms with Gasteiger partial charge in [0.1, 0.15) is 5.54 Å². The summed E-state index contributed by atoms with van der Waals surface area (Å²) in [4.78, 5) is 24.8. The van der Waals surface area contributed by atoms with E-state index in [2.05, 4.69) is 34.9 Å². The molecular formula is C20H30N2O3S2. The van der Waals surface area contributed by atoms with Crippen molar-refractivity contribution in [3.05, 3.63) is 0 Å². The van der Waals surface area contributed by atoms with Crippen LogP contribution in [0, 0.1) is 35.0 Å². The first kappa shape index (κ1) is 20.9. The van der Waals surface area contributed by atoms with Gasteiger partial charge < -0.3 is 10.1 Å². The number of nitrogens with zero attached hydrogens (tertiary/aromatic N) is 1. The predicted octanol–water partition coefficient (Wildman–Crippen LogP) is 3.59. The van der Waals surface area contributed by atoms with Crippen molar-refractivity contribution in [1.29, 1.82) is 5.26 Å². The van der Waals surface area contributed by atoms with Crippen LogP contribution in [-0.4, -0.2) is 39.6 Å². The van der Waals surface area contributed by atoms with Gasteiger partial charge in [-0.25, -0.2) is 0 Å². The molecule has 0 aromatic rings. The fourth-order valence-corrected chi connectivity index (χ4v) is 8.62. The van der Waals surface area contributed by atoms with Crippen molar-refractivity contribution >= 4 is 35.4 Å². The summed E-state index contributed by atoms with van der Waals surface area (Å²) in [6, 6.07) is 2.14. The summed E-state index contributed by atoms with van der Waals surface area (Å²) < 4.78 is 5.69. The van der Waals surface area contributed by atoms with Crippen molar-refractivity contribution in [2.24, 2.45) is 23.7 Å². The maximum atomic E-state index is 12.6. The van der Waals surface area contributed by atoms with E-state index in [-0.39, 0.29) is 24.4 Å². The van der Waals surface area contributed by atoms with Crippen molar-refractivity contribution in [3.63, 3.8) is 0 Å². The van der Waals surface area contributed by atoms with E-state index in [0.29, 0.717) is 15.9 Å². The van der Waals surface area contributed by atoms with E-state index < -0.39 is 11.4 Å². The van der Waals surface area contributed by atoms with Crippen molar-refractivity contribution in [2.45, 2.75) is 62.5 Å². The average Bonchev–Trinajstić information content (AvgIpc) is 3.08. The number of rotatable bonds is 5. The largest absolute Gasteiger partial charge is 0.455 e. The highest BCUT2D eigenvalue weighted by molar-refractivity contribution is 8.21. The van der Waals surface area contributed by atoms with E-state index in [9.17, 15) is 14.9 Å². The van der Waals surface area contributed by atoms with Crippen LogP contribution in [-0.2, 0) is 14.3 Å². The molecule has 1 amide bonds. The molecule has 1 N–H and O–H groups in total. The molecule has 1 saturated heterocycles. The minimum Gasteiger partial charge on any atom is -0.455 e. The zero-order valence-electron chi connectivity index (χ0n) is 16.5. The molecule has 0 radical (unpaired) electrons. The second-order valence-electron chi connectivity index (χ2n) is 8.54. The smallest absolute Gasteiger partial charge is 0.309 e. The highest BCUT2D eigenvalue weighted by atomic mass is 32.2. The Bertz CT molecular complexity index is 611. The van der Waals surface area contributed by atoms with E-state index >= 15 is 0 Å². The van der Waals surface area contributed by atoms with E-state index in [0.717, 1.165) is 12.8 Å². The van der Waals surface area contributed by atoms with Gasteiger partial charge in [0.25, 0.3) is 5.91 Å². The standard InChI is InChI=1S/C20H30N2O3S2/c1-13(2)19(3,12-21)22-17(23)11-25-18(24)14-9-15-5-4-6-16(10-14)20(15)26-7-8-27-20/h13-16H,4-11H2,1-3H3,(H,22,23). The van der Waals surface area contributed by atoms with Crippen LogP contribution in [0.15, 0.2) is 0 Å². The third kappa shape index (κ3) is 4.12. The fourth-order valence-electron chi connectivity index (χ4n) is 4.68. The molecule has 0 aromatic heterocycles. The number of carbonyl (C=O) groups excluding carboxylic acids is 2. The number of carbonyl (C=O) groups is 2. The Hall–Kier alpha value is -0.870. The number of nitrogens with one attached hydrogen (secondary N) is 1. The first-order chi connectivity index (χ1) is 12.8. The van der Waals surface area contributed by atoms with Crippen LogP contribution in [0.1, 0.15) is 52.9 Å². The number of hydrogen-bond acceptors (Lipinski definition) is 6. The summed E-state index contributed by atoms with van der Waals surface area (Å²) >= 11 is 4.23. The summed E-state index contributed by atoms with van der Waals surface area (Å²) in [6.45, 7) is 5.15. The maximum Gasteiger partial charge on any atom is 0.309 e. The quantitative estimate of drug-likeness (QED) is 0.698. The van der Waals surface area contributed by atoms with Crippen LogP contribution in [0.4, 0.5) is 0 Å². The highest BCUT2D eigenvalue weighted by Gasteiger charge is 2.55. The topological polar surface area (TPSA) is 79.2 Å². The van der Waals surface area contributed by atoms with Gasteiger partial charge in [-0.2, -0.15) is 5.26 Å². The second-order valence-corrected chi connectivity index (χ2v) is 11.5. The number of thioether (sulfide) groups is 2. The van der Waals surface area contributed by atoms with Crippen LogP contribution in [0.2, 0.25) is 0 Å². The molecule has 0 aromatic carbocycles. The zero-order chi connectivity index (χ0) is 19.7. The Labute approximate surface area is 170 Å². The van der Waals surface area contributed by atoms with E-state index in [4.69, 9.17) is 4.74 Å². The third-order valence-electron chi connectivity index (χ3n) is 6.58. The van der Waals surface area contributed by atoms with Crippen LogP contribution in [0.25, 0.3) is 0 Å². The Kier molecular flexibility index (Phi) is 6.37. The minimum atomic E-state index is -0.950. The number of nitriles is 1. The van der Waals surface area contributed by atoms with Crippen LogP contribution < -0.4 is 5.32 Å². The average molecular weight is 411 g/mol. The van der Waals surface area contributed by atoms with Gasteiger partial charge in [0.2, 0.25) is 0 Å². The zero-order valence-corrected chi connectivity index (χ0v) is 18.1. The Morgan fingerprint density at radius 3 is 2.37 bits per heavy atom. The Morgan fingerprint density at radius 2 is 1.85 bits per heavy atom. The molecule has 3 rings (SSSR count). The van der Waals surface area contributed by atoms with E-state index in [1.165, 1.54) is 30.8 Å². The molecule has 1 aliphatic heterocycles. The fraction of sp³-hybridized carbons (Fsp3) is 0.850. The molecule has 3 atom stereocenters. The molecule has 1 spiro atoms. The lowest BCUT2D eigenvalue weighted by Crippen LogP contribution is -2.50. The van der Waals surface area contributed by atoms with Gasteiger partial charge in [-0.15, -0.1) is 23.5 Å². The van der Waals surface area contributed by atoms with Crippen molar-refractivity contribution < 1.29 is 14.3 Å². The van der Waals surface area contributed by atoms with Gasteiger partial charge >= 0.3 is 5.97 Å². The van der Waals surface area contributed by atoms with Crippen molar-refractivity contribution in [3.8, 4) is 6.07 Å². The number of hydrogen-bond donors (Lipinski definition) is 1.